The smallest absolute Gasteiger partial charge is 0.195 e. The highest BCUT2D eigenvalue weighted by molar-refractivity contribution is 5.40. The molecule has 1 heterocycles. The minimum Gasteiger partial charge on any atom is -0.508 e. The van der Waals surface area contributed by atoms with E-state index in [4.69, 9.17) is 5.11 Å². The monoisotopic (exact) mass is 202 g/mol. The highest BCUT2D eigenvalue weighted by Crippen LogP contribution is 2.19. The zero-order valence-corrected chi connectivity index (χ0v) is 8.18. The van der Waals surface area contributed by atoms with Crippen LogP contribution in [0.15, 0.2) is 40.6 Å². The number of aromatic nitrogens is 2. The van der Waals surface area contributed by atoms with Crippen molar-refractivity contribution >= 4 is 11.5 Å². The molecule has 1 aromatic carbocycles. The van der Waals surface area contributed by atoms with Crippen molar-refractivity contribution in [3.05, 3.63) is 36.0 Å². The number of H-pyrrole nitrogens is 1. The van der Waals surface area contributed by atoms with Gasteiger partial charge in [-0.05, 0) is 31.2 Å². The molecule has 15 heavy (non-hydrogen) atoms. The normalized spacial score (nSPS) is 11.0. The maximum Gasteiger partial charge on any atom is 0.195 e. The van der Waals surface area contributed by atoms with E-state index >= 15 is 0 Å². The predicted molar refractivity (Wildman–Crippen MR) is 55.6 cm³/mol. The van der Waals surface area contributed by atoms with Crippen molar-refractivity contribution in [2.75, 3.05) is 0 Å². The quantitative estimate of drug-likeness (QED) is 0.735. The number of aromatic hydroxyl groups is 1. The van der Waals surface area contributed by atoms with Crippen LogP contribution in [0.2, 0.25) is 0 Å². The fourth-order valence-electron chi connectivity index (χ4n) is 1.08. The van der Waals surface area contributed by atoms with Crippen LogP contribution in [0, 0.1) is 6.92 Å². The Bertz CT molecular complexity index is 472. The van der Waals surface area contributed by atoms with Crippen LogP contribution in [0.4, 0.5) is 11.5 Å². The number of aromatic amines is 1. The third kappa shape index (κ3) is 2.40. The number of hydrogen-bond donors (Lipinski definition) is 2. The van der Waals surface area contributed by atoms with Crippen molar-refractivity contribution in [2.45, 2.75) is 6.92 Å². The summed E-state index contributed by atoms with van der Waals surface area (Å²) in [5.74, 6) is 0.755. The zero-order valence-electron chi connectivity index (χ0n) is 8.18. The van der Waals surface area contributed by atoms with E-state index in [-0.39, 0.29) is 5.75 Å². The van der Waals surface area contributed by atoms with Crippen LogP contribution in [-0.4, -0.2) is 15.3 Å². The molecular formula is C10H10N4O. The molecule has 5 nitrogen and oxygen atoms in total. The molecular weight excluding hydrogens is 192 g/mol. The molecule has 0 atom stereocenters. The first-order valence-corrected chi connectivity index (χ1v) is 4.47. The lowest BCUT2D eigenvalue weighted by Gasteiger charge is -1.91. The minimum atomic E-state index is 0.213. The van der Waals surface area contributed by atoms with Crippen molar-refractivity contribution in [1.29, 1.82) is 0 Å². The van der Waals surface area contributed by atoms with Gasteiger partial charge in [-0.3, -0.25) is 5.10 Å². The van der Waals surface area contributed by atoms with E-state index in [1.54, 1.807) is 30.3 Å². The van der Waals surface area contributed by atoms with Gasteiger partial charge in [0.1, 0.15) is 5.75 Å². The molecule has 0 amide bonds. The molecule has 0 radical (unpaired) electrons. The van der Waals surface area contributed by atoms with E-state index in [1.165, 1.54) is 0 Å². The van der Waals surface area contributed by atoms with Crippen LogP contribution in [-0.2, 0) is 0 Å². The number of phenolic OH excluding ortho intramolecular Hbond substituents is 1. The first kappa shape index (κ1) is 9.39. The van der Waals surface area contributed by atoms with E-state index in [0.717, 1.165) is 5.69 Å². The van der Waals surface area contributed by atoms with Gasteiger partial charge in [0.05, 0.1) is 5.69 Å². The molecule has 0 aliphatic heterocycles. The number of hydrogen-bond acceptors (Lipinski definition) is 4. The summed E-state index contributed by atoms with van der Waals surface area (Å²) in [5.41, 5.74) is 1.61. The maximum absolute atomic E-state index is 9.06. The number of nitrogens with one attached hydrogen (secondary N) is 1. The summed E-state index contributed by atoms with van der Waals surface area (Å²) < 4.78 is 0. The van der Waals surface area contributed by atoms with Crippen molar-refractivity contribution in [3.8, 4) is 5.75 Å². The van der Waals surface area contributed by atoms with E-state index in [0.29, 0.717) is 11.5 Å². The number of rotatable bonds is 2. The molecule has 5 heteroatoms. The van der Waals surface area contributed by atoms with Crippen LogP contribution in [0.5, 0.6) is 5.75 Å². The van der Waals surface area contributed by atoms with Crippen LogP contribution >= 0.6 is 0 Å². The Balaban J connectivity index is 2.14. The van der Waals surface area contributed by atoms with Crippen LogP contribution in [0.1, 0.15) is 5.69 Å². The second-order valence-corrected chi connectivity index (χ2v) is 3.13. The van der Waals surface area contributed by atoms with Gasteiger partial charge >= 0.3 is 0 Å². The number of azo groups is 1. The number of nitrogens with zero attached hydrogens (tertiary/aromatic N) is 3. The molecule has 0 bridgehead atoms. The number of phenols is 1. The van der Waals surface area contributed by atoms with Crippen molar-refractivity contribution in [3.63, 3.8) is 0 Å². The van der Waals surface area contributed by atoms with Gasteiger partial charge in [-0.2, -0.15) is 5.10 Å². The van der Waals surface area contributed by atoms with Crippen LogP contribution in [0.25, 0.3) is 0 Å². The Kier molecular flexibility index (Phi) is 2.45. The molecule has 0 aliphatic rings. The van der Waals surface area contributed by atoms with Gasteiger partial charge in [-0.1, -0.05) is 0 Å². The van der Waals surface area contributed by atoms with E-state index < -0.39 is 0 Å². The highest BCUT2D eigenvalue weighted by atomic mass is 16.3. The van der Waals surface area contributed by atoms with Gasteiger partial charge in [0, 0.05) is 11.8 Å². The zero-order chi connectivity index (χ0) is 10.7. The lowest BCUT2D eigenvalue weighted by atomic mass is 10.3. The molecule has 0 aliphatic carbocycles. The summed E-state index contributed by atoms with van der Waals surface area (Å²) in [6.45, 7) is 1.90. The molecule has 0 saturated carbocycles. The van der Waals surface area contributed by atoms with Gasteiger partial charge in [0.2, 0.25) is 0 Å². The SMILES string of the molecule is Cc1cc(N=Nc2ccc(O)cc2)n[nH]1. The fourth-order valence-corrected chi connectivity index (χ4v) is 1.08. The first-order valence-electron chi connectivity index (χ1n) is 4.47. The molecule has 2 aromatic rings. The Morgan fingerprint density at radius 1 is 1.20 bits per heavy atom. The largest absolute Gasteiger partial charge is 0.508 e. The summed E-state index contributed by atoms with van der Waals surface area (Å²) in [4.78, 5) is 0. The van der Waals surface area contributed by atoms with Gasteiger partial charge in [0.25, 0.3) is 0 Å². The Labute approximate surface area is 86.5 Å². The third-order valence-electron chi connectivity index (χ3n) is 1.81. The first-order chi connectivity index (χ1) is 7.24. The maximum atomic E-state index is 9.06. The van der Waals surface area contributed by atoms with E-state index in [2.05, 4.69) is 20.4 Å². The number of aryl methyl sites for hydroxylation is 1. The predicted octanol–water partition coefficient (Wildman–Crippen LogP) is 2.84. The van der Waals surface area contributed by atoms with Crippen LogP contribution in [0.3, 0.4) is 0 Å². The summed E-state index contributed by atoms with van der Waals surface area (Å²) in [6, 6.07) is 8.27. The standard InChI is InChI=1S/C10H10N4O/c1-7-6-10(13-11-7)14-12-8-2-4-9(15)5-3-8/h2-6,15H,1H3,(H,11,13). The van der Waals surface area contributed by atoms with Gasteiger partial charge < -0.3 is 5.11 Å². The lowest BCUT2D eigenvalue weighted by Crippen LogP contribution is -1.67. The molecule has 76 valence electrons. The van der Waals surface area contributed by atoms with Crippen molar-refractivity contribution in [2.24, 2.45) is 10.2 Å². The molecule has 0 spiro atoms. The summed E-state index contributed by atoms with van der Waals surface area (Å²) in [5, 5.41) is 23.6. The van der Waals surface area contributed by atoms with E-state index in [9.17, 15) is 0 Å². The second-order valence-electron chi connectivity index (χ2n) is 3.13. The third-order valence-corrected chi connectivity index (χ3v) is 1.81. The van der Waals surface area contributed by atoms with Crippen LogP contribution < -0.4 is 0 Å². The minimum absolute atomic E-state index is 0.213. The van der Waals surface area contributed by atoms with E-state index in [1.807, 2.05) is 6.92 Å². The summed E-state index contributed by atoms with van der Waals surface area (Å²) in [7, 11) is 0. The Morgan fingerprint density at radius 2 is 1.93 bits per heavy atom. The fraction of sp³-hybridized carbons (Fsp3) is 0.100. The Morgan fingerprint density at radius 3 is 2.53 bits per heavy atom. The average Bonchev–Trinajstić information content (AvgIpc) is 2.64. The topological polar surface area (TPSA) is 73.6 Å². The van der Waals surface area contributed by atoms with Crippen molar-refractivity contribution < 1.29 is 5.11 Å². The lowest BCUT2D eigenvalue weighted by molar-refractivity contribution is 0.475. The molecule has 2 N–H and O–H groups in total. The summed E-state index contributed by atoms with van der Waals surface area (Å²) in [6.07, 6.45) is 0. The average molecular weight is 202 g/mol. The molecule has 0 unspecified atom stereocenters. The number of benzene rings is 1. The molecule has 0 fully saturated rings. The molecule has 2 rings (SSSR count). The molecule has 1 aromatic heterocycles. The Hall–Kier alpha value is -2.17. The molecule has 0 saturated heterocycles. The second kappa shape index (κ2) is 3.91. The van der Waals surface area contributed by atoms with Gasteiger partial charge in [-0.25, -0.2) is 0 Å². The highest BCUT2D eigenvalue weighted by Gasteiger charge is 1.94. The van der Waals surface area contributed by atoms with Crippen molar-refractivity contribution in [1.82, 2.24) is 10.2 Å². The van der Waals surface area contributed by atoms with Gasteiger partial charge in [-0.15, -0.1) is 10.2 Å². The summed E-state index contributed by atoms with van der Waals surface area (Å²) >= 11 is 0. The van der Waals surface area contributed by atoms with Gasteiger partial charge in [0.15, 0.2) is 5.82 Å².